The van der Waals surface area contributed by atoms with E-state index in [1.54, 1.807) is 40.7 Å². The quantitative estimate of drug-likeness (QED) is 0.326. The largest absolute Gasteiger partial charge is 0.472 e. The Balaban J connectivity index is 1.89. The van der Waals surface area contributed by atoms with Crippen molar-refractivity contribution in [1.29, 1.82) is 0 Å². The molecule has 13 nitrogen and oxygen atoms in total. The highest BCUT2D eigenvalue weighted by Crippen LogP contribution is 2.72. The van der Waals surface area contributed by atoms with Gasteiger partial charge in [-0.3, -0.25) is 28.8 Å². The molecular formula is C33H42O13. The van der Waals surface area contributed by atoms with E-state index in [4.69, 9.17) is 32.8 Å². The smallest absolute Gasteiger partial charge is 0.309 e. The van der Waals surface area contributed by atoms with E-state index in [2.05, 4.69) is 0 Å². The van der Waals surface area contributed by atoms with Gasteiger partial charge in [0.1, 0.15) is 35.8 Å². The second-order valence-corrected chi connectivity index (χ2v) is 14.1. The van der Waals surface area contributed by atoms with Gasteiger partial charge in [0.05, 0.1) is 37.4 Å². The van der Waals surface area contributed by atoms with Gasteiger partial charge >= 0.3 is 29.8 Å². The highest BCUT2D eigenvalue weighted by molar-refractivity contribution is 5.90. The van der Waals surface area contributed by atoms with Gasteiger partial charge in [-0.05, 0) is 18.9 Å². The molecule has 1 aromatic heterocycles. The predicted molar refractivity (Wildman–Crippen MR) is 154 cm³/mol. The predicted octanol–water partition coefficient (Wildman–Crippen LogP) is 3.27. The van der Waals surface area contributed by atoms with Crippen molar-refractivity contribution in [3.63, 3.8) is 0 Å². The fraction of sp³-hybridized carbons (Fsp3) is 0.697. The fourth-order valence-corrected chi connectivity index (χ4v) is 9.43. The van der Waals surface area contributed by atoms with Crippen LogP contribution in [0, 0.1) is 34.0 Å². The van der Waals surface area contributed by atoms with Crippen LogP contribution in [0.25, 0.3) is 0 Å². The first-order valence-electron chi connectivity index (χ1n) is 15.4. The molecule has 0 radical (unpaired) electrons. The maximum atomic E-state index is 14.9. The van der Waals surface area contributed by atoms with Crippen LogP contribution in [0.15, 0.2) is 23.0 Å². The summed E-state index contributed by atoms with van der Waals surface area (Å²) in [6.45, 7) is 12.3. The number of furan rings is 1. The van der Waals surface area contributed by atoms with Gasteiger partial charge in [-0.1, -0.05) is 27.7 Å². The Labute approximate surface area is 266 Å². The third-order valence-electron chi connectivity index (χ3n) is 11.4. The van der Waals surface area contributed by atoms with E-state index in [0.29, 0.717) is 5.56 Å². The van der Waals surface area contributed by atoms with Gasteiger partial charge in [0, 0.05) is 49.5 Å². The van der Waals surface area contributed by atoms with Crippen molar-refractivity contribution in [1.82, 2.24) is 0 Å². The number of ketones is 1. The van der Waals surface area contributed by atoms with E-state index in [9.17, 15) is 28.8 Å². The Kier molecular flexibility index (Phi) is 8.19. The summed E-state index contributed by atoms with van der Waals surface area (Å²) in [5.74, 6) is -6.67. The summed E-state index contributed by atoms with van der Waals surface area (Å²) in [6, 6.07) is 1.62. The number of ether oxygens (including phenoxy) is 6. The van der Waals surface area contributed by atoms with Crippen molar-refractivity contribution in [2.24, 2.45) is 34.0 Å². The number of Topliss-reactive ketones (excluding diaryl/α,β-unsaturated/α-hetero) is 1. The molecule has 4 heterocycles. The molecule has 6 rings (SSSR count). The summed E-state index contributed by atoms with van der Waals surface area (Å²) < 4.78 is 41.6. The number of hydrogen-bond donors (Lipinski definition) is 0. The average molecular weight is 647 g/mol. The Morgan fingerprint density at radius 3 is 2.09 bits per heavy atom. The van der Waals surface area contributed by atoms with Crippen LogP contribution in [0.2, 0.25) is 0 Å². The number of methoxy groups -OCH3 is 1. The molecule has 2 aliphatic carbocycles. The van der Waals surface area contributed by atoms with Crippen LogP contribution in [0.5, 0.6) is 0 Å². The molecule has 2 bridgehead atoms. The van der Waals surface area contributed by atoms with Crippen LogP contribution in [0.1, 0.15) is 79.9 Å². The molecule has 0 unspecified atom stereocenters. The average Bonchev–Trinajstić information content (AvgIpc) is 3.46. The summed E-state index contributed by atoms with van der Waals surface area (Å²) in [5.41, 5.74) is -5.23. The Morgan fingerprint density at radius 2 is 1.54 bits per heavy atom. The zero-order chi connectivity index (χ0) is 34.1. The molecule has 1 aromatic rings. The van der Waals surface area contributed by atoms with E-state index < -0.39 is 106 Å². The summed E-state index contributed by atoms with van der Waals surface area (Å²) in [7, 11) is 1.24. The zero-order valence-electron chi connectivity index (χ0n) is 27.6. The number of carbonyl (C=O) groups is 6. The zero-order valence-corrected chi connectivity index (χ0v) is 27.6. The van der Waals surface area contributed by atoms with Crippen LogP contribution < -0.4 is 0 Å². The summed E-state index contributed by atoms with van der Waals surface area (Å²) >= 11 is 0. The Hall–Kier alpha value is -3.74. The normalized spacial score (nSPS) is 40.8. The van der Waals surface area contributed by atoms with Gasteiger partial charge in [-0.2, -0.15) is 0 Å². The summed E-state index contributed by atoms with van der Waals surface area (Å²) in [4.78, 5) is 79.8. The minimum absolute atomic E-state index is 0.250. The van der Waals surface area contributed by atoms with Crippen molar-refractivity contribution in [3.8, 4) is 0 Å². The molecule has 0 amide bonds. The van der Waals surface area contributed by atoms with E-state index >= 15 is 0 Å². The lowest BCUT2D eigenvalue weighted by Crippen LogP contribution is -2.72. The van der Waals surface area contributed by atoms with Crippen LogP contribution in [-0.4, -0.2) is 72.8 Å². The summed E-state index contributed by atoms with van der Waals surface area (Å²) in [6.07, 6.45) is -3.87. The standard InChI is InChI=1S/C33H42O13/c1-15-24(39)23-27(43-17(3)35)32(8)26(19-10-11-41-14-19)45-22(38)13-33(15,32)46-29-25(42-16(2)34)28(44-18(4)36)30(5,6)20(31(23,29)7)12-21(37)40-9/h10-11,14-15,20,23,25-29H,12-13H2,1-9H3/t15-,20-,23+,25+,26-,27+,28-,29-,31-,32+,33-/m1/s1. The van der Waals surface area contributed by atoms with Gasteiger partial charge in [0.2, 0.25) is 0 Å². The molecule has 252 valence electrons. The molecule has 0 aromatic carbocycles. The molecule has 5 fully saturated rings. The van der Waals surface area contributed by atoms with Crippen molar-refractivity contribution < 1.29 is 61.6 Å². The molecular weight excluding hydrogens is 604 g/mol. The number of esters is 5. The molecule has 2 saturated carbocycles. The van der Waals surface area contributed by atoms with E-state index in [1.165, 1.54) is 40.4 Å². The third-order valence-corrected chi connectivity index (χ3v) is 11.4. The topological polar surface area (TPSA) is 171 Å². The lowest BCUT2D eigenvalue weighted by Gasteiger charge is -2.62. The van der Waals surface area contributed by atoms with Crippen molar-refractivity contribution in [3.05, 3.63) is 24.2 Å². The number of fused-ring (bicyclic) bond motifs is 1. The van der Waals surface area contributed by atoms with Gasteiger partial charge < -0.3 is 32.8 Å². The van der Waals surface area contributed by atoms with Crippen molar-refractivity contribution >= 4 is 35.6 Å². The SMILES string of the molecule is COC(=O)C[C@@H]1C(C)(C)[C@H](OC(C)=O)[C@H](OC(C)=O)[C@H]2O[C@@]34CC(=O)O[C@H](c5ccoc5)[C@@]3(C)[C@@H](OC(C)=O)[C@H](C(=O)[C@H]4C)[C@]21C. The van der Waals surface area contributed by atoms with Crippen LogP contribution in [0.3, 0.4) is 0 Å². The molecule has 3 saturated heterocycles. The fourth-order valence-electron chi connectivity index (χ4n) is 9.43. The van der Waals surface area contributed by atoms with Crippen molar-refractivity contribution in [2.75, 3.05) is 7.11 Å². The maximum absolute atomic E-state index is 14.9. The minimum Gasteiger partial charge on any atom is -0.472 e. The number of hydrogen-bond acceptors (Lipinski definition) is 13. The van der Waals surface area contributed by atoms with Crippen LogP contribution in [-0.2, 0) is 57.2 Å². The maximum Gasteiger partial charge on any atom is 0.309 e. The Bertz CT molecular complexity index is 1450. The van der Waals surface area contributed by atoms with Gasteiger partial charge in [0.15, 0.2) is 6.10 Å². The second kappa shape index (κ2) is 11.2. The lowest BCUT2D eigenvalue weighted by atomic mass is 9.42. The van der Waals surface area contributed by atoms with Gasteiger partial charge in [0.25, 0.3) is 0 Å². The Morgan fingerprint density at radius 1 is 0.935 bits per heavy atom. The van der Waals surface area contributed by atoms with Crippen LogP contribution >= 0.6 is 0 Å². The highest BCUT2D eigenvalue weighted by atomic mass is 16.6. The molecule has 46 heavy (non-hydrogen) atoms. The minimum atomic E-state index is -1.68. The van der Waals surface area contributed by atoms with Gasteiger partial charge in [-0.15, -0.1) is 0 Å². The summed E-state index contributed by atoms with van der Waals surface area (Å²) in [5, 5.41) is 0. The molecule has 13 heteroatoms. The second-order valence-electron chi connectivity index (χ2n) is 14.1. The van der Waals surface area contributed by atoms with Crippen LogP contribution in [0.4, 0.5) is 0 Å². The number of cyclic esters (lactones) is 1. The first-order chi connectivity index (χ1) is 21.4. The highest BCUT2D eigenvalue weighted by Gasteiger charge is 2.82. The molecule has 11 atom stereocenters. The lowest BCUT2D eigenvalue weighted by molar-refractivity contribution is -0.302. The molecule has 0 N–H and O–H groups in total. The van der Waals surface area contributed by atoms with E-state index in [1.807, 2.05) is 0 Å². The van der Waals surface area contributed by atoms with Gasteiger partial charge in [-0.25, -0.2) is 0 Å². The molecule has 1 spiro atoms. The number of carbonyl (C=O) groups excluding carboxylic acids is 6. The van der Waals surface area contributed by atoms with Crippen molar-refractivity contribution in [2.45, 2.75) is 104 Å². The van der Waals surface area contributed by atoms with E-state index in [0.717, 1.165) is 0 Å². The molecule has 5 aliphatic rings. The first-order valence-corrected chi connectivity index (χ1v) is 15.4. The third kappa shape index (κ3) is 4.59. The number of rotatable bonds is 6. The monoisotopic (exact) mass is 646 g/mol. The van der Waals surface area contributed by atoms with E-state index in [-0.39, 0.29) is 12.2 Å². The molecule has 3 aliphatic heterocycles. The first kappa shape index (κ1) is 33.6.